The summed E-state index contributed by atoms with van der Waals surface area (Å²) in [4.78, 5) is 23.6. The van der Waals surface area contributed by atoms with E-state index in [1.165, 1.54) is 12.1 Å². The summed E-state index contributed by atoms with van der Waals surface area (Å²) in [5.41, 5.74) is 0.0111. The maximum Gasteiger partial charge on any atom is 0.308 e. The molecule has 0 spiro atoms. The van der Waals surface area contributed by atoms with Crippen molar-refractivity contribution in [3.05, 3.63) is 27.4 Å². The van der Waals surface area contributed by atoms with Crippen LogP contribution in [0, 0.1) is 11.7 Å². The highest BCUT2D eigenvalue weighted by Crippen LogP contribution is 2.34. The molecular formula is C11H8BrClFNO3. The first-order valence-electron chi connectivity index (χ1n) is 5.08. The van der Waals surface area contributed by atoms with E-state index in [0.29, 0.717) is 4.47 Å². The van der Waals surface area contributed by atoms with Gasteiger partial charge in [0.2, 0.25) is 5.91 Å². The molecule has 1 aromatic rings. The van der Waals surface area contributed by atoms with Crippen molar-refractivity contribution in [2.24, 2.45) is 5.92 Å². The molecule has 1 unspecified atom stereocenters. The quantitative estimate of drug-likeness (QED) is 0.845. The third-order valence-electron chi connectivity index (χ3n) is 2.78. The summed E-state index contributed by atoms with van der Waals surface area (Å²) in [6.07, 6.45) is -0.123. The predicted octanol–water partition coefficient (Wildman–Crippen LogP) is 2.68. The average molecular weight is 337 g/mol. The number of anilines is 1. The van der Waals surface area contributed by atoms with E-state index < -0.39 is 23.6 Å². The van der Waals surface area contributed by atoms with Gasteiger partial charge in [0.15, 0.2) is 5.82 Å². The summed E-state index contributed by atoms with van der Waals surface area (Å²) in [7, 11) is 0. The third kappa shape index (κ3) is 2.22. The van der Waals surface area contributed by atoms with Crippen molar-refractivity contribution in [3.63, 3.8) is 0 Å². The Hall–Kier alpha value is -1.14. The van der Waals surface area contributed by atoms with E-state index in [4.69, 9.17) is 16.7 Å². The van der Waals surface area contributed by atoms with Crippen molar-refractivity contribution >= 4 is 45.1 Å². The zero-order valence-electron chi connectivity index (χ0n) is 8.99. The summed E-state index contributed by atoms with van der Waals surface area (Å²) < 4.78 is 14.3. The zero-order chi connectivity index (χ0) is 13.4. The van der Waals surface area contributed by atoms with Gasteiger partial charge in [0, 0.05) is 17.4 Å². The number of carboxylic acids is 1. The molecule has 2 rings (SSSR count). The highest BCUT2D eigenvalue weighted by molar-refractivity contribution is 9.10. The first kappa shape index (κ1) is 13.3. The summed E-state index contributed by atoms with van der Waals surface area (Å²) in [6, 6.07) is 2.91. The number of carbonyl (C=O) groups excluding carboxylic acids is 1. The first-order valence-corrected chi connectivity index (χ1v) is 6.25. The summed E-state index contributed by atoms with van der Waals surface area (Å²) >= 11 is 8.80. The second-order valence-electron chi connectivity index (χ2n) is 3.94. The lowest BCUT2D eigenvalue weighted by atomic mass is 10.1. The van der Waals surface area contributed by atoms with E-state index in [1.807, 2.05) is 0 Å². The fraction of sp³-hybridized carbons (Fsp3) is 0.273. The lowest BCUT2D eigenvalue weighted by Crippen LogP contribution is -2.26. The van der Waals surface area contributed by atoms with E-state index in [9.17, 15) is 14.0 Å². The van der Waals surface area contributed by atoms with Gasteiger partial charge in [-0.25, -0.2) is 4.39 Å². The van der Waals surface area contributed by atoms with Crippen molar-refractivity contribution in [3.8, 4) is 0 Å². The van der Waals surface area contributed by atoms with Crippen LogP contribution >= 0.6 is 27.5 Å². The normalized spacial score (nSPS) is 19.4. The molecule has 1 amide bonds. The van der Waals surface area contributed by atoms with Crippen molar-refractivity contribution in [2.45, 2.75) is 6.42 Å². The molecule has 0 bridgehead atoms. The van der Waals surface area contributed by atoms with Crippen LogP contribution in [0.25, 0.3) is 0 Å². The first-order chi connectivity index (χ1) is 8.41. The number of halogens is 3. The van der Waals surface area contributed by atoms with Crippen LogP contribution in [0.4, 0.5) is 10.1 Å². The number of nitrogens with zero attached hydrogens (tertiary/aromatic N) is 1. The van der Waals surface area contributed by atoms with E-state index in [-0.39, 0.29) is 23.7 Å². The summed E-state index contributed by atoms with van der Waals surface area (Å²) in [6.45, 7) is -0.0386. The number of hydrogen-bond donors (Lipinski definition) is 1. The number of hydrogen-bond acceptors (Lipinski definition) is 2. The minimum atomic E-state index is -1.06. The van der Waals surface area contributed by atoms with Gasteiger partial charge < -0.3 is 10.0 Å². The molecule has 4 nitrogen and oxygen atoms in total. The van der Waals surface area contributed by atoms with Crippen molar-refractivity contribution in [2.75, 3.05) is 11.4 Å². The topological polar surface area (TPSA) is 57.6 Å². The van der Waals surface area contributed by atoms with Crippen molar-refractivity contribution < 1.29 is 19.1 Å². The Kier molecular flexibility index (Phi) is 3.59. The van der Waals surface area contributed by atoms with Crippen LogP contribution in [-0.2, 0) is 9.59 Å². The Morgan fingerprint density at radius 1 is 1.56 bits per heavy atom. The molecule has 1 heterocycles. The van der Waals surface area contributed by atoms with Crippen LogP contribution in [-0.4, -0.2) is 23.5 Å². The number of rotatable bonds is 2. The average Bonchev–Trinajstić information content (AvgIpc) is 2.69. The van der Waals surface area contributed by atoms with Gasteiger partial charge in [-0.05, 0) is 28.1 Å². The Bertz CT molecular complexity index is 537. The molecule has 1 N–H and O–H groups in total. The van der Waals surface area contributed by atoms with E-state index in [1.54, 1.807) is 0 Å². The molecule has 96 valence electrons. The van der Waals surface area contributed by atoms with Crippen LogP contribution in [0.15, 0.2) is 16.6 Å². The molecule has 0 saturated carbocycles. The van der Waals surface area contributed by atoms with Crippen LogP contribution < -0.4 is 4.90 Å². The van der Waals surface area contributed by atoms with E-state index >= 15 is 0 Å². The number of amides is 1. The minimum Gasteiger partial charge on any atom is -0.481 e. The van der Waals surface area contributed by atoms with Gasteiger partial charge in [-0.15, -0.1) is 0 Å². The molecule has 1 fully saturated rings. The Balaban J connectivity index is 2.36. The van der Waals surface area contributed by atoms with Crippen LogP contribution in [0.1, 0.15) is 6.42 Å². The van der Waals surface area contributed by atoms with Gasteiger partial charge in [-0.2, -0.15) is 0 Å². The fourth-order valence-corrected chi connectivity index (χ4v) is 2.30. The number of carboxylic acid groups (broad SMARTS) is 1. The van der Waals surface area contributed by atoms with Gasteiger partial charge in [-0.1, -0.05) is 11.6 Å². The number of carbonyl (C=O) groups is 2. The number of benzene rings is 1. The molecule has 0 aliphatic carbocycles. The van der Waals surface area contributed by atoms with Crippen molar-refractivity contribution in [1.82, 2.24) is 0 Å². The fourth-order valence-electron chi connectivity index (χ4n) is 1.83. The molecule has 1 aliphatic heterocycles. The van der Waals surface area contributed by atoms with Crippen LogP contribution in [0.5, 0.6) is 0 Å². The SMILES string of the molecule is O=C(O)C1CC(=O)N(c2ccc(Br)c(Cl)c2F)C1. The molecule has 1 aliphatic rings. The number of aliphatic carboxylic acids is 1. The standard InChI is InChI=1S/C11H8BrClFNO3/c12-6-1-2-7(10(14)9(6)13)15-4-5(11(17)18)3-8(15)16/h1-2,5H,3-4H2,(H,17,18). The van der Waals surface area contributed by atoms with Crippen LogP contribution in [0.2, 0.25) is 5.02 Å². The molecule has 0 radical (unpaired) electrons. The van der Waals surface area contributed by atoms with E-state index in [2.05, 4.69) is 15.9 Å². The van der Waals surface area contributed by atoms with Crippen molar-refractivity contribution in [1.29, 1.82) is 0 Å². The maximum atomic E-state index is 13.9. The minimum absolute atomic E-state index is 0.0111. The van der Waals surface area contributed by atoms with E-state index in [0.717, 1.165) is 4.90 Å². The van der Waals surface area contributed by atoms with Gasteiger partial charge in [0.05, 0.1) is 16.6 Å². The maximum absolute atomic E-state index is 13.9. The smallest absolute Gasteiger partial charge is 0.308 e. The van der Waals surface area contributed by atoms with Gasteiger partial charge in [0.1, 0.15) is 0 Å². The third-order valence-corrected chi connectivity index (χ3v) is 4.04. The Labute approximate surface area is 115 Å². The monoisotopic (exact) mass is 335 g/mol. The molecule has 7 heteroatoms. The molecule has 0 aromatic heterocycles. The lowest BCUT2D eigenvalue weighted by molar-refractivity contribution is -0.141. The zero-order valence-corrected chi connectivity index (χ0v) is 11.3. The van der Waals surface area contributed by atoms with Crippen LogP contribution in [0.3, 0.4) is 0 Å². The molecular weight excluding hydrogens is 328 g/mol. The Morgan fingerprint density at radius 3 is 2.78 bits per heavy atom. The summed E-state index contributed by atoms with van der Waals surface area (Å²) in [5.74, 6) is -3.01. The molecule has 1 saturated heterocycles. The van der Waals surface area contributed by atoms with Gasteiger partial charge in [-0.3, -0.25) is 9.59 Å². The molecule has 1 atom stereocenters. The molecule has 1 aromatic carbocycles. The largest absolute Gasteiger partial charge is 0.481 e. The lowest BCUT2D eigenvalue weighted by Gasteiger charge is -2.17. The predicted molar refractivity (Wildman–Crippen MR) is 67.2 cm³/mol. The van der Waals surface area contributed by atoms with Gasteiger partial charge in [0.25, 0.3) is 0 Å². The van der Waals surface area contributed by atoms with Gasteiger partial charge >= 0.3 is 5.97 Å². The highest BCUT2D eigenvalue weighted by atomic mass is 79.9. The molecule has 18 heavy (non-hydrogen) atoms. The second-order valence-corrected chi connectivity index (χ2v) is 5.17. The Morgan fingerprint density at radius 2 is 2.22 bits per heavy atom. The summed E-state index contributed by atoms with van der Waals surface area (Å²) in [5, 5.41) is 8.73. The highest BCUT2D eigenvalue weighted by Gasteiger charge is 2.36. The second kappa shape index (κ2) is 4.85.